The summed E-state index contributed by atoms with van der Waals surface area (Å²) in [5.74, 6) is -2.17. The number of carbonyl (C=O) groups excluding carboxylic acids is 4. The number of ether oxygens (including phenoxy) is 1. The lowest BCUT2D eigenvalue weighted by Gasteiger charge is -2.31. The van der Waals surface area contributed by atoms with Gasteiger partial charge in [-0.25, -0.2) is 4.79 Å². The minimum absolute atomic E-state index is 0.123. The Kier molecular flexibility index (Phi) is 10.8. The molecule has 1 rings (SSSR count). The van der Waals surface area contributed by atoms with Gasteiger partial charge in [-0.1, -0.05) is 38.0 Å². The molecule has 4 amide bonds. The van der Waals surface area contributed by atoms with Gasteiger partial charge in [0, 0.05) is 19.2 Å². The number of amides is 4. The third-order valence-corrected chi connectivity index (χ3v) is 5.02. The Hall–Kier alpha value is -3.30. The van der Waals surface area contributed by atoms with E-state index in [1.807, 2.05) is 6.92 Å². The molecule has 34 heavy (non-hydrogen) atoms. The zero-order chi connectivity index (χ0) is 26.1. The van der Waals surface area contributed by atoms with Crippen molar-refractivity contribution in [1.29, 1.82) is 0 Å². The van der Waals surface area contributed by atoms with Crippen molar-refractivity contribution < 1.29 is 29.0 Å². The number of rotatable bonds is 11. The van der Waals surface area contributed by atoms with Gasteiger partial charge in [0.1, 0.15) is 23.4 Å². The van der Waals surface area contributed by atoms with Gasteiger partial charge in [-0.2, -0.15) is 0 Å². The van der Waals surface area contributed by atoms with E-state index in [0.717, 1.165) is 24.2 Å². The van der Waals surface area contributed by atoms with Gasteiger partial charge in [-0.05, 0) is 39.7 Å². The van der Waals surface area contributed by atoms with E-state index in [2.05, 4.69) is 10.6 Å². The molecule has 0 aliphatic carbocycles. The lowest BCUT2D eigenvalue weighted by Crippen LogP contribution is -2.52. The second kappa shape index (κ2) is 12.8. The van der Waals surface area contributed by atoms with E-state index in [4.69, 9.17) is 10.5 Å². The van der Waals surface area contributed by atoms with Crippen LogP contribution in [0.5, 0.6) is 5.75 Å². The lowest BCUT2D eigenvalue weighted by atomic mass is 9.99. The van der Waals surface area contributed by atoms with Gasteiger partial charge in [-0.3, -0.25) is 14.4 Å². The van der Waals surface area contributed by atoms with Crippen molar-refractivity contribution in [1.82, 2.24) is 15.5 Å². The summed E-state index contributed by atoms with van der Waals surface area (Å²) in [5, 5.41) is 15.8. The molecule has 0 spiro atoms. The largest absolute Gasteiger partial charge is 0.507 e. The molecule has 1 aromatic rings. The van der Waals surface area contributed by atoms with Gasteiger partial charge in [-0.15, -0.1) is 0 Å². The van der Waals surface area contributed by atoms with Gasteiger partial charge in [0.25, 0.3) is 0 Å². The summed E-state index contributed by atoms with van der Waals surface area (Å²) in [4.78, 5) is 51.5. The lowest BCUT2D eigenvalue weighted by molar-refractivity contribution is -0.141. The minimum Gasteiger partial charge on any atom is -0.507 e. The zero-order valence-corrected chi connectivity index (χ0v) is 20.9. The van der Waals surface area contributed by atoms with Crippen LogP contribution in [0, 0.1) is 6.92 Å². The Labute approximate surface area is 201 Å². The number of nitrogens with one attached hydrogen (secondary N) is 2. The number of hydrogen-bond donors (Lipinski definition) is 4. The number of primary amides is 1. The predicted octanol–water partition coefficient (Wildman–Crippen LogP) is 2.28. The van der Waals surface area contributed by atoms with Crippen LogP contribution in [-0.2, 0) is 19.1 Å². The van der Waals surface area contributed by atoms with Crippen LogP contribution in [0.4, 0.5) is 4.79 Å². The van der Waals surface area contributed by atoms with Crippen LogP contribution in [0.25, 0.3) is 0 Å². The summed E-state index contributed by atoms with van der Waals surface area (Å²) in [6.07, 6.45) is 1.26. The number of aryl methyl sites for hydroxylation is 1. The maximum Gasteiger partial charge on any atom is 0.408 e. The summed E-state index contributed by atoms with van der Waals surface area (Å²) >= 11 is 0. The highest BCUT2D eigenvalue weighted by molar-refractivity contribution is 5.94. The molecular weight excluding hydrogens is 440 g/mol. The molecular formula is C24H38N4O6. The van der Waals surface area contributed by atoms with Crippen molar-refractivity contribution in [2.45, 2.75) is 78.0 Å². The molecule has 0 aromatic heterocycles. The van der Waals surface area contributed by atoms with Crippen LogP contribution in [-0.4, -0.2) is 59.1 Å². The summed E-state index contributed by atoms with van der Waals surface area (Å²) in [6.45, 7) is 9.09. The fourth-order valence-electron chi connectivity index (χ4n) is 3.34. The fourth-order valence-corrected chi connectivity index (χ4v) is 3.34. The molecule has 0 radical (unpaired) electrons. The van der Waals surface area contributed by atoms with Crippen molar-refractivity contribution >= 4 is 23.8 Å². The molecule has 2 unspecified atom stereocenters. The first-order valence-electron chi connectivity index (χ1n) is 11.4. The van der Waals surface area contributed by atoms with Gasteiger partial charge in [0.2, 0.25) is 17.7 Å². The number of aromatic hydroxyl groups is 1. The second-order valence-corrected chi connectivity index (χ2v) is 9.23. The van der Waals surface area contributed by atoms with Crippen molar-refractivity contribution in [3.05, 3.63) is 29.3 Å². The number of para-hydroxylation sites is 1. The number of nitrogens with zero attached hydrogens (tertiary/aromatic N) is 1. The Morgan fingerprint density at radius 2 is 1.82 bits per heavy atom. The van der Waals surface area contributed by atoms with E-state index in [0.29, 0.717) is 12.1 Å². The van der Waals surface area contributed by atoms with Crippen LogP contribution in [0.15, 0.2) is 18.2 Å². The Bertz CT molecular complexity index is 881. The first kappa shape index (κ1) is 28.7. The van der Waals surface area contributed by atoms with E-state index in [9.17, 15) is 24.3 Å². The smallest absolute Gasteiger partial charge is 0.408 e. The third kappa shape index (κ3) is 8.92. The number of carbonyl (C=O) groups is 4. The average Bonchev–Trinajstić information content (AvgIpc) is 2.71. The molecule has 0 saturated carbocycles. The van der Waals surface area contributed by atoms with Crippen molar-refractivity contribution in [2.24, 2.45) is 5.73 Å². The first-order chi connectivity index (χ1) is 15.8. The third-order valence-electron chi connectivity index (χ3n) is 5.02. The van der Waals surface area contributed by atoms with Gasteiger partial charge < -0.3 is 31.1 Å². The van der Waals surface area contributed by atoms with Crippen LogP contribution < -0.4 is 16.4 Å². The maximum atomic E-state index is 13.4. The van der Waals surface area contributed by atoms with Gasteiger partial charge in [0.15, 0.2) is 0 Å². The molecule has 190 valence electrons. The van der Waals surface area contributed by atoms with Crippen molar-refractivity contribution in [2.75, 3.05) is 13.6 Å². The number of phenols is 1. The Morgan fingerprint density at radius 1 is 1.18 bits per heavy atom. The number of nitrogens with two attached hydrogens (primary N) is 1. The molecule has 2 atom stereocenters. The number of hydrogen-bond acceptors (Lipinski definition) is 6. The standard InChI is InChI=1S/C24H38N4O6/c1-7-8-9-13-26-21(31)19(16-12-10-11-15(2)20(16)30)28(6)22(32)17(14-18(25)29)27-23(33)34-24(3,4)5/h10-12,17,19,30H,7-9,13-14H2,1-6H3,(H2,25,29)(H,26,31)(H,27,33). The van der Waals surface area contributed by atoms with E-state index >= 15 is 0 Å². The number of alkyl carbamates (subject to hydrolysis) is 1. The molecule has 10 heteroatoms. The average molecular weight is 479 g/mol. The normalized spacial score (nSPS) is 12.9. The number of unbranched alkanes of at least 4 members (excludes halogenated alkanes) is 2. The number of phenolic OH excluding ortho intramolecular Hbond substituents is 1. The summed E-state index contributed by atoms with van der Waals surface area (Å²) in [6, 6.07) is 2.33. The first-order valence-corrected chi connectivity index (χ1v) is 11.4. The highest BCUT2D eigenvalue weighted by Crippen LogP contribution is 2.31. The van der Waals surface area contributed by atoms with Gasteiger partial charge >= 0.3 is 6.09 Å². The molecule has 10 nitrogen and oxygen atoms in total. The molecule has 0 bridgehead atoms. The summed E-state index contributed by atoms with van der Waals surface area (Å²) in [7, 11) is 1.37. The summed E-state index contributed by atoms with van der Waals surface area (Å²) < 4.78 is 5.19. The minimum atomic E-state index is -1.36. The van der Waals surface area contributed by atoms with Gasteiger partial charge in [0.05, 0.1) is 6.42 Å². The molecule has 0 heterocycles. The van der Waals surface area contributed by atoms with Crippen LogP contribution >= 0.6 is 0 Å². The molecule has 1 aromatic carbocycles. The molecule has 0 fully saturated rings. The Morgan fingerprint density at radius 3 is 2.38 bits per heavy atom. The Balaban J connectivity index is 3.27. The van der Waals surface area contributed by atoms with Crippen molar-refractivity contribution in [3.63, 3.8) is 0 Å². The van der Waals surface area contributed by atoms with Crippen LogP contribution in [0.1, 0.15) is 70.5 Å². The molecule has 5 N–H and O–H groups in total. The second-order valence-electron chi connectivity index (χ2n) is 9.23. The van der Waals surface area contributed by atoms with Crippen LogP contribution in [0.3, 0.4) is 0 Å². The molecule has 0 aliphatic rings. The highest BCUT2D eigenvalue weighted by Gasteiger charge is 2.36. The monoisotopic (exact) mass is 478 g/mol. The maximum absolute atomic E-state index is 13.4. The fraction of sp³-hybridized carbons (Fsp3) is 0.583. The summed E-state index contributed by atoms with van der Waals surface area (Å²) in [5.41, 5.74) is 5.22. The topological polar surface area (TPSA) is 151 Å². The molecule has 0 aliphatic heterocycles. The van der Waals surface area contributed by atoms with E-state index in [1.54, 1.807) is 45.9 Å². The number of likely N-dealkylation sites (N-methyl/N-ethyl adjacent to an activating group) is 1. The zero-order valence-electron chi connectivity index (χ0n) is 20.9. The van der Waals surface area contributed by atoms with E-state index < -0.39 is 47.9 Å². The predicted molar refractivity (Wildman–Crippen MR) is 128 cm³/mol. The van der Waals surface area contributed by atoms with E-state index in [1.165, 1.54) is 7.05 Å². The van der Waals surface area contributed by atoms with Crippen molar-refractivity contribution in [3.8, 4) is 5.75 Å². The quantitative estimate of drug-likeness (QED) is 0.358. The number of benzene rings is 1. The van der Waals surface area contributed by atoms with E-state index in [-0.39, 0.29) is 11.3 Å². The highest BCUT2D eigenvalue weighted by atomic mass is 16.6. The molecule has 0 saturated heterocycles. The van der Waals surface area contributed by atoms with Crippen LogP contribution in [0.2, 0.25) is 0 Å². The SMILES string of the molecule is CCCCCNC(=O)C(c1cccc(C)c1O)N(C)C(=O)C(CC(N)=O)NC(=O)OC(C)(C)C.